The second-order valence-corrected chi connectivity index (χ2v) is 13.8. The predicted molar refractivity (Wildman–Crippen MR) is 204 cm³/mol. The maximum Gasteiger partial charge on any atom is 0.411 e. The first-order valence-corrected chi connectivity index (χ1v) is 17.4. The number of aromatic nitrogens is 2. The lowest BCUT2D eigenvalue weighted by Crippen LogP contribution is -2.17. The number of nitrogens with two attached hydrogens (primary N) is 3. The van der Waals surface area contributed by atoms with Gasteiger partial charge in [-0.15, -0.1) is 22.7 Å². The number of carbonyl (C=O) groups is 4. The first-order valence-electron chi connectivity index (χ1n) is 15.4. The van der Waals surface area contributed by atoms with Crippen molar-refractivity contribution < 1.29 is 28.7 Å². The highest BCUT2D eigenvalue weighted by atomic mass is 35.5. The molecule has 7 N–H and O–H groups in total. The van der Waals surface area contributed by atoms with E-state index < -0.39 is 23.3 Å². The lowest BCUT2D eigenvalue weighted by Gasteiger charge is -2.10. The molecule has 0 saturated heterocycles. The number of hydrogen-bond donors (Lipinski definition) is 4. The number of carbonyl (C=O) groups excluding carboxylic acids is 4. The molecule has 4 heterocycles. The number of thiophene rings is 2. The van der Waals surface area contributed by atoms with E-state index in [4.69, 9.17) is 33.5 Å². The second-order valence-electron chi connectivity index (χ2n) is 11.3. The maximum atomic E-state index is 11.8. The molecule has 0 unspecified atom stereocenters. The number of halogens is 1. The van der Waals surface area contributed by atoms with E-state index in [1.165, 1.54) is 22.7 Å². The molecule has 0 radical (unpaired) electrons. The Kier molecular flexibility index (Phi) is 13.0. The topological polar surface area (TPSA) is 203 Å². The summed E-state index contributed by atoms with van der Waals surface area (Å²) in [6.45, 7) is 7.05. The number of hydrogen-bond acceptors (Lipinski definition) is 11. The van der Waals surface area contributed by atoms with Crippen LogP contribution >= 0.6 is 34.3 Å². The minimum Gasteiger partial charge on any atom is -0.451 e. The lowest BCUT2D eigenvalue weighted by atomic mass is 10.0. The van der Waals surface area contributed by atoms with Gasteiger partial charge in [-0.2, -0.15) is 0 Å². The van der Waals surface area contributed by atoms with E-state index in [-0.39, 0.29) is 12.2 Å². The van der Waals surface area contributed by atoms with Crippen molar-refractivity contribution in [3.8, 4) is 22.3 Å². The van der Waals surface area contributed by atoms with Gasteiger partial charge in [0.2, 0.25) is 0 Å². The summed E-state index contributed by atoms with van der Waals surface area (Å²) in [5.74, 6) is -0.876. The Bertz CT molecular complexity index is 2200. The zero-order valence-corrected chi connectivity index (χ0v) is 30.4. The van der Waals surface area contributed by atoms with Crippen molar-refractivity contribution in [3.63, 3.8) is 0 Å². The largest absolute Gasteiger partial charge is 0.451 e. The number of nitrogens with zero attached hydrogens (tertiary/aromatic N) is 2. The number of primary amides is 2. The molecule has 0 fully saturated rings. The molecule has 3 amide bonds. The highest BCUT2D eigenvalue weighted by molar-refractivity contribution is 7.21. The Morgan fingerprint density at radius 2 is 1.20 bits per heavy atom. The SMILES string of the molecule is CC(C)OC(=O)Cl.CC(C)OC(=O)Nc1cccc(-c2cncc3sc(C(N)=O)cc23)c1.NC(=O)c1cc2c(-c3cccc(N)c3)cncc2s1. The van der Waals surface area contributed by atoms with Crippen LogP contribution in [0.3, 0.4) is 0 Å². The standard InChI is InChI=1S/C18H17N3O3S.C14H11N3OS.C4H7ClO2/c1-10(2)24-18(23)21-12-5-3-4-11(6-12)14-8-20-9-16-13(14)7-15(25-16)17(19)22;15-9-3-1-2-8(4-9)11-6-17-7-13-10(11)5-12(19-13)14(16)18;1-3(2)7-4(5)6/h3-10H,1-2H3,(H2,19,22)(H,21,23);1-7H,15H2,(H2,16,18);3H,1-2H3. The van der Waals surface area contributed by atoms with E-state index in [1.807, 2.05) is 48.5 Å². The number of nitrogens with one attached hydrogen (secondary N) is 1. The molecule has 0 spiro atoms. The number of fused-ring (bicyclic) bond motifs is 2. The van der Waals surface area contributed by atoms with Gasteiger partial charge in [-0.3, -0.25) is 24.9 Å². The summed E-state index contributed by atoms with van der Waals surface area (Å²) in [6, 6.07) is 18.5. The quantitative estimate of drug-likeness (QED) is 0.0913. The third-order valence-corrected chi connectivity index (χ3v) is 8.92. The van der Waals surface area contributed by atoms with Gasteiger partial charge in [0.05, 0.1) is 31.4 Å². The third kappa shape index (κ3) is 10.7. The van der Waals surface area contributed by atoms with Gasteiger partial charge in [0, 0.05) is 69.7 Å². The van der Waals surface area contributed by atoms with Crippen LogP contribution in [-0.4, -0.2) is 45.5 Å². The number of anilines is 2. The summed E-state index contributed by atoms with van der Waals surface area (Å²) in [5, 5.41) is 4.57. The number of pyridine rings is 2. The Morgan fingerprint density at radius 3 is 1.63 bits per heavy atom. The van der Waals surface area contributed by atoms with Crippen molar-refractivity contribution >= 4 is 89.2 Å². The van der Waals surface area contributed by atoms with Crippen molar-refractivity contribution in [1.82, 2.24) is 9.97 Å². The van der Waals surface area contributed by atoms with Crippen LogP contribution in [0.25, 0.3) is 42.4 Å². The monoisotopic (exact) mass is 746 g/mol. The Hall–Kier alpha value is -5.57. The van der Waals surface area contributed by atoms with Crippen LogP contribution in [0.15, 0.2) is 85.5 Å². The summed E-state index contributed by atoms with van der Waals surface area (Å²) in [6.07, 6.45) is 6.14. The van der Waals surface area contributed by atoms with E-state index in [2.05, 4.69) is 20.0 Å². The van der Waals surface area contributed by atoms with Crippen LogP contribution in [-0.2, 0) is 9.47 Å². The zero-order chi connectivity index (χ0) is 37.2. The number of amides is 3. The second kappa shape index (κ2) is 17.4. The molecule has 0 saturated carbocycles. The Balaban J connectivity index is 0.000000198. The normalized spacial score (nSPS) is 10.6. The summed E-state index contributed by atoms with van der Waals surface area (Å²) in [4.78, 5) is 53.7. The fraction of sp³-hybridized carbons (Fsp3) is 0.167. The van der Waals surface area contributed by atoms with Crippen LogP contribution in [0, 0.1) is 0 Å². The van der Waals surface area contributed by atoms with Crippen molar-refractivity contribution in [2.45, 2.75) is 39.9 Å². The summed E-state index contributed by atoms with van der Waals surface area (Å²) >= 11 is 7.47. The highest BCUT2D eigenvalue weighted by Gasteiger charge is 2.14. The Morgan fingerprint density at radius 1 is 0.706 bits per heavy atom. The van der Waals surface area contributed by atoms with Crippen LogP contribution in [0.5, 0.6) is 0 Å². The first-order chi connectivity index (χ1) is 24.2. The fourth-order valence-electron chi connectivity index (χ4n) is 4.64. The highest BCUT2D eigenvalue weighted by Crippen LogP contribution is 2.35. The van der Waals surface area contributed by atoms with E-state index >= 15 is 0 Å². The summed E-state index contributed by atoms with van der Waals surface area (Å²) in [7, 11) is 0. The van der Waals surface area contributed by atoms with Gasteiger partial charge >= 0.3 is 11.5 Å². The van der Waals surface area contributed by atoms with Crippen LogP contribution in [0.2, 0.25) is 0 Å². The molecular weight excluding hydrogens is 712 g/mol. The predicted octanol–water partition coefficient (Wildman–Crippen LogP) is 8.43. The molecule has 2 aromatic carbocycles. The minimum absolute atomic E-state index is 0.106. The number of nitrogen functional groups attached to an aromatic ring is 1. The first kappa shape index (κ1) is 38.2. The molecule has 0 aliphatic heterocycles. The molecule has 264 valence electrons. The van der Waals surface area contributed by atoms with Crippen molar-refractivity contribution in [2.24, 2.45) is 11.5 Å². The molecule has 0 bridgehead atoms. The molecule has 0 atom stereocenters. The van der Waals surface area contributed by atoms with Gasteiger partial charge in [0.15, 0.2) is 0 Å². The average molecular weight is 747 g/mol. The average Bonchev–Trinajstić information content (AvgIpc) is 3.70. The van der Waals surface area contributed by atoms with E-state index in [9.17, 15) is 19.2 Å². The van der Waals surface area contributed by atoms with Crippen LogP contribution in [0.4, 0.5) is 21.0 Å². The summed E-state index contributed by atoms with van der Waals surface area (Å²) in [5.41, 5.74) is 20.7. The maximum absolute atomic E-state index is 11.8. The number of ether oxygens (including phenoxy) is 2. The number of rotatable bonds is 7. The molecule has 4 aromatic heterocycles. The van der Waals surface area contributed by atoms with Gasteiger partial charge in [0.1, 0.15) is 0 Å². The lowest BCUT2D eigenvalue weighted by molar-refractivity contribution is 0.0995. The molecule has 12 nitrogen and oxygen atoms in total. The zero-order valence-electron chi connectivity index (χ0n) is 28.0. The van der Waals surface area contributed by atoms with Crippen molar-refractivity contribution in [1.29, 1.82) is 0 Å². The van der Waals surface area contributed by atoms with E-state index in [1.54, 1.807) is 64.6 Å². The third-order valence-electron chi connectivity index (χ3n) is 6.67. The number of benzene rings is 2. The van der Waals surface area contributed by atoms with Gasteiger partial charge in [-0.25, -0.2) is 9.59 Å². The van der Waals surface area contributed by atoms with Crippen LogP contribution < -0.4 is 22.5 Å². The minimum atomic E-state index is -0.741. The smallest absolute Gasteiger partial charge is 0.411 e. The van der Waals surface area contributed by atoms with Crippen molar-refractivity contribution in [2.75, 3.05) is 11.1 Å². The van der Waals surface area contributed by atoms with E-state index in [0.717, 1.165) is 42.4 Å². The van der Waals surface area contributed by atoms with Crippen LogP contribution in [0.1, 0.15) is 47.0 Å². The van der Waals surface area contributed by atoms with Gasteiger partial charge in [-0.1, -0.05) is 24.3 Å². The molecule has 0 aliphatic carbocycles. The molecule has 0 aliphatic rings. The van der Waals surface area contributed by atoms with Gasteiger partial charge in [0.25, 0.3) is 11.8 Å². The summed E-state index contributed by atoms with van der Waals surface area (Å²) < 4.78 is 11.3. The Labute approximate surface area is 306 Å². The molecule has 6 rings (SSSR count). The van der Waals surface area contributed by atoms with Gasteiger partial charge < -0.3 is 26.7 Å². The molecular formula is C36H35ClN6O6S2. The van der Waals surface area contributed by atoms with Gasteiger partial charge in [-0.05, 0) is 75.2 Å². The molecule has 51 heavy (non-hydrogen) atoms. The molecule has 15 heteroatoms. The fourth-order valence-corrected chi connectivity index (χ4v) is 6.63. The van der Waals surface area contributed by atoms with E-state index in [0.29, 0.717) is 21.1 Å². The van der Waals surface area contributed by atoms with Crippen molar-refractivity contribution in [3.05, 3.63) is 95.2 Å². The molecule has 6 aromatic rings.